The lowest BCUT2D eigenvalue weighted by Gasteiger charge is -2.19. The number of aryl methyl sites for hydroxylation is 1. The van der Waals surface area contributed by atoms with E-state index in [0.717, 1.165) is 5.56 Å². The summed E-state index contributed by atoms with van der Waals surface area (Å²) in [6.07, 6.45) is 0.0550. The van der Waals surface area contributed by atoms with Crippen molar-refractivity contribution in [2.24, 2.45) is 0 Å². The molecule has 0 heterocycles. The number of rotatable bonds is 6. The van der Waals surface area contributed by atoms with E-state index in [0.29, 0.717) is 16.8 Å². The molecule has 3 rings (SSSR count). The average molecular weight is 376 g/mol. The van der Waals surface area contributed by atoms with Gasteiger partial charge in [-0.3, -0.25) is 9.59 Å². The van der Waals surface area contributed by atoms with Crippen LogP contribution in [0, 0.1) is 12.7 Å². The molecule has 0 saturated carbocycles. The first kappa shape index (κ1) is 19.3. The lowest BCUT2D eigenvalue weighted by molar-refractivity contribution is -0.116. The van der Waals surface area contributed by atoms with Gasteiger partial charge in [-0.05, 0) is 48.4 Å². The molecule has 0 aliphatic rings. The van der Waals surface area contributed by atoms with Crippen LogP contribution in [0.15, 0.2) is 78.9 Å². The van der Waals surface area contributed by atoms with Gasteiger partial charge in [-0.1, -0.05) is 48.5 Å². The molecular weight excluding hydrogens is 355 g/mol. The van der Waals surface area contributed by atoms with E-state index in [1.807, 2.05) is 36.4 Å². The Kier molecular flexibility index (Phi) is 6.17. The molecule has 0 fully saturated rings. The number of halogens is 1. The molecule has 142 valence electrons. The first-order valence-electron chi connectivity index (χ1n) is 9.00. The maximum absolute atomic E-state index is 13.3. The molecule has 0 spiro atoms. The molecule has 2 N–H and O–H groups in total. The summed E-state index contributed by atoms with van der Waals surface area (Å²) >= 11 is 0. The molecular formula is C23H21FN2O2. The smallest absolute Gasteiger partial charge is 0.251 e. The predicted molar refractivity (Wildman–Crippen MR) is 107 cm³/mol. The highest BCUT2D eigenvalue weighted by Crippen LogP contribution is 2.20. The van der Waals surface area contributed by atoms with Crippen molar-refractivity contribution in [2.45, 2.75) is 19.4 Å². The fraction of sp³-hybridized carbons (Fsp3) is 0.130. The molecule has 28 heavy (non-hydrogen) atoms. The number of nitrogens with one attached hydrogen (secondary N) is 2. The number of carbonyl (C=O) groups is 2. The van der Waals surface area contributed by atoms with Gasteiger partial charge >= 0.3 is 0 Å². The van der Waals surface area contributed by atoms with Gasteiger partial charge < -0.3 is 10.6 Å². The number of hydrogen-bond acceptors (Lipinski definition) is 2. The van der Waals surface area contributed by atoms with Gasteiger partial charge in [0.25, 0.3) is 5.91 Å². The van der Waals surface area contributed by atoms with E-state index in [4.69, 9.17) is 0 Å². The zero-order valence-electron chi connectivity index (χ0n) is 15.5. The average Bonchev–Trinajstić information content (AvgIpc) is 2.71. The zero-order chi connectivity index (χ0) is 19.9. The van der Waals surface area contributed by atoms with Crippen molar-refractivity contribution < 1.29 is 14.0 Å². The van der Waals surface area contributed by atoms with Crippen LogP contribution in [0.4, 0.5) is 10.1 Å². The van der Waals surface area contributed by atoms with Crippen LogP contribution in [0.5, 0.6) is 0 Å². The maximum atomic E-state index is 13.3. The maximum Gasteiger partial charge on any atom is 0.251 e. The Labute approximate surface area is 163 Å². The van der Waals surface area contributed by atoms with Gasteiger partial charge in [-0.2, -0.15) is 0 Å². The fourth-order valence-electron chi connectivity index (χ4n) is 2.92. The van der Waals surface area contributed by atoms with E-state index in [1.54, 1.807) is 31.2 Å². The fourth-order valence-corrected chi connectivity index (χ4v) is 2.92. The Morgan fingerprint density at radius 1 is 0.929 bits per heavy atom. The summed E-state index contributed by atoms with van der Waals surface area (Å²) in [5, 5.41) is 5.72. The van der Waals surface area contributed by atoms with E-state index < -0.39 is 6.04 Å². The molecule has 0 aliphatic carbocycles. The van der Waals surface area contributed by atoms with E-state index in [9.17, 15) is 14.0 Å². The van der Waals surface area contributed by atoms with Crippen molar-refractivity contribution in [2.75, 3.05) is 5.32 Å². The standard InChI is InChI=1S/C23H21FN2O2/c1-16-14-19(24)12-13-20(16)25-22(27)15-21(17-8-4-2-5-9-17)26-23(28)18-10-6-3-7-11-18/h2-14,21H,15H2,1H3,(H,25,27)(H,26,28). The minimum Gasteiger partial charge on any atom is -0.345 e. The molecule has 1 unspecified atom stereocenters. The first-order chi connectivity index (χ1) is 13.5. The molecule has 0 aromatic heterocycles. The molecule has 0 aliphatic heterocycles. The summed E-state index contributed by atoms with van der Waals surface area (Å²) in [5.41, 5.74) is 2.54. The Balaban J connectivity index is 1.75. The molecule has 5 heteroatoms. The van der Waals surface area contributed by atoms with E-state index >= 15 is 0 Å². The molecule has 3 aromatic carbocycles. The predicted octanol–water partition coefficient (Wildman–Crippen LogP) is 4.63. The van der Waals surface area contributed by atoms with E-state index in [1.165, 1.54) is 18.2 Å². The van der Waals surface area contributed by atoms with E-state index in [-0.39, 0.29) is 24.1 Å². The highest BCUT2D eigenvalue weighted by molar-refractivity contribution is 5.96. The van der Waals surface area contributed by atoms with Gasteiger partial charge in [-0.15, -0.1) is 0 Å². The van der Waals surface area contributed by atoms with Gasteiger partial charge in [0, 0.05) is 11.3 Å². The quantitative estimate of drug-likeness (QED) is 0.659. The molecule has 0 saturated heterocycles. The Morgan fingerprint density at radius 3 is 2.21 bits per heavy atom. The summed E-state index contributed by atoms with van der Waals surface area (Å²) < 4.78 is 13.3. The second kappa shape index (κ2) is 8.95. The van der Waals surface area contributed by atoms with Crippen LogP contribution >= 0.6 is 0 Å². The van der Waals surface area contributed by atoms with Gasteiger partial charge in [-0.25, -0.2) is 4.39 Å². The highest BCUT2D eigenvalue weighted by atomic mass is 19.1. The number of carbonyl (C=O) groups excluding carboxylic acids is 2. The Hall–Kier alpha value is -3.47. The van der Waals surface area contributed by atoms with Gasteiger partial charge in [0.1, 0.15) is 5.82 Å². The first-order valence-corrected chi connectivity index (χ1v) is 9.00. The Bertz CT molecular complexity index is 959. The van der Waals surface area contributed by atoms with Crippen molar-refractivity contribution >= 4 is 17.5 Å². The van der Waals surface area contributed by atoms with Gasteiger partial charge in [0.05, 0.1) is 12.5 Å². The summed E-state index contributed by atoms with van der Waals surface area (Å²) in [7, 11) is 0. The summed E-state index contributed by atoms with van der Waals surface area (Å²) in [6.45, 7) is 1.73. The molecule has 3 aromatic rings. The van der Waals surface area contributed by atoms with E-state index in [2.05, 4.69) is 10.6 Å². The minimum absolute atomic E-state index is 0.0550. The van der Waals surface area contributed by atoms with Crippen LogP contribution in [0.3, 0.4) is 0 Å². The lowest BCUT2D eigenvalue weighted by Crippen LogP contribution is -2.31. The van der Waals surface area contributed by atoms with Crippen molar-refractivity contribution in [3.05, 3.63) is 101 Å². The second-order valence-corrected chi connectivity index (χ2v) is 6.51. The van der Waals surface area contributed by atoms with Crippen molar-refractivity contribution in [1.82, 2.24) is 5.32 Å². The third-order valence-corrected chi connectivity index (χ3v) is 4.40. The minimum atomic E-state index is -0.491. The summed E-state index contributed by atoms with van der Waals surface area (Å²) in [4.78, 5) is 25.2. The third-order valence-electron chi connectivity index (χ3n) is 4.40. The highest BCUT2D eigenvalue weighted by Gasteiger charge is 2.19. The van der Waals surface area contributed by atoms with Crippen LogP contribution in [0.2, 0.25) is 0 Å². The summed E-state index contributed by atoms with van der Waals surface area (Å²) in [5.74, 6) is -0.870. The number of anilines is 1. The van der Waals surface area contributed by atoms with Crippen LogP contribution in [-0.2, 0) is 4.79 Å². The topological polar surface area (TPSA) is 58.2 Å². The second-order valence-electron chi connectivity index (χ2n) is 6.51. The number of hydrogen-bond donors (Lipinski definition) is 2. The van der Waals surface area contributed by atoms with Crippen LogP contribution in [0.25, 0.3) is 0 Å². The van der Waals surface area contributed by atoms with Gasteiger partial charge in [0.15, 0.2) is 0 Å². The third kappa shape index (κ3) is 5.04. The zero-order valence-corrected chi connectivity index (χ0v) is 15.5. The SMILES string of the molecule is Cc1cc(F)ccc1NC(=O)CC(NC(=O)c1ccccc1)c1ccccc1. The normalized spacial score (nSPS) is 11.5. The molecule has 4 nitrogen and oxygen atoms in total. The molecule has 2 amide bonds. The van der Waals surface area contributed by atoms with Crippen LogP contribution < -0.4 is 10.6 Å². The van der Waals surface area contributed by atoms with Crippen molar-refractivity contribution in [1.29, 1.82) is 0 Å². The lowest BCUT2D eigenvalue weighted by atomic mass is 10.0. The monoisotopic (exact) mass is 376 g/mol. The Morgan fingerprint density at radius 2 is 1.57 bits per heavy atom. The largest absolute Gasteiger partial charge is 0.345 e. The molecule has 0 radical (unpaired) electrons. The molecule has 0 bridgehead atoms. The van der Waals surface area contributed by atoms with Crippen LogP contribution in [-0.4, -0.2) is 11.8 Å². The number of amides is 2. The van der Waals surface area contributed by atoms with Crippen molar-refractivity contribution in [3.8, 4) is 0 Å². The van der Waals surface area contributed by atoms with Crippen LogP contribution in [0.1, 0.15) is 33.9 Å². The van der Waals surface area contributed by atoms with Gasteiger partial charge in [0.2, 0.25) is 5.91 Å². The van der Waals surface area contributed by atoms with Crippen molar-refractivity contribution in [3.63, 3.8) is 0 Å². The number of benzene rings is 3. The molecule has 1 atom stereocenters. The summed E-state index contributed by atoms with van der Waals surface area (Å²) in [6, 6.07) is 21.9.